The van der Waals surface area contributed by atoms with E-state index in [0.29, 0.717) is 5.69 Å². The van der Waals surface area contributed by atoms with E-state index < -0.39 is 22.5 Å². The molecule has 10 heteroatoms. The van der Waals surface area contributed by atoms with E-state index in [9.17, 15) is 13.2 Å². The molecule has 0 aliphatic rings. The van der Waals surface area contributed by atoms with Gasteiger partial charge in [-0.25, -0.2) is 8.42 Å². The molecule has 1 aromatic carbocycles. The average Bonchev–Trinajstić information content (AvgIpc) is 2.54. The number of halogens is 3. The van der Waals surface area contributed by atoms with Crippen LogP contribution in [0.3, 0.4) is 0 Å². The molecule has 25 heavy (non-hydrogen) atoms. The topological polar surface area (TPSA) is 79.4 Å². The van der Waals surface area contributed by atoms with Crippen LogP contribution in [0.4, 0.5) is 5.69 Å². The van der Waals surface area contributed by atoms with E-state index in [2.05, 4.69) is 10.3 Å². The molecule has 1 aromatic heterocycles. The van der Waals surface area contributed by atoms with Crippen molar-refractivity contribution in [1.82, 2.24) is 10.3 Å². The fraction of sp³-hybridized carbons (Fsp3) is 0.200. The summed E-state index contributed by atoms with van der Waals surface area (Å²) in [7, 11) is -3.78. The van der Waals surface area contributed by atoms with Crippen LogP contribution in [0.15, 0.2) is 36.5 Å². The van der Waals surface area contributed by atoms with Crippen LogP contribution < -0.4 is 9.62 Å². The quantitative estimate of drug-likeness (QED) is 0.725. The highest BCUT2D eigenvalue weighted by atomic mass is 35.5. The SMILES string of the molecule is CS(=O)(=O)N(CC(=O)NCc1ccccn1)c1cc(Cl)c(Cl)cc1Cl. The smallest absolute Gasteiger partial charge is 0.241 e. The van der Waals surface area contributed by atoms with Crippen molar-refractivity contribution < 1.29 is 13.2 Å². The van der Waals surface area contributed by atoms with E-state index in [1.807, 2.05) is 0 Å². The van der Waals surface area contributed by atoms with Gasteiger partial charge in [0.05, 0.1) is 39.2 Å². The highest BCUT2D eigenvalue weighted by Crippen LogP contribution is 2.35. The van der Waals surface area contributed by atoms with Crippen LogP contribution in [0.1, 0.15) is 5.69 Å². The summed E-state index contributed by atoms with van der Waals surface area (Å²) in [4.78, 5) is 16.2. The van der Waals surface area contributed by atoms with Gasteiger partial charge >= 0.3 is 0 Å². The third-order valence-corrected chi connectivity index (χ3v) is 5.29. The monoisotopic (exact) mass is 421 g/mol. The first-order valence-electron chi connectivity index (χ1n) is 6.97. The fourth-order valence-electron chi connectivity index (χ4n) is 1.96. The van der Waals surface area contributed by atoms with Crippen molar-refractivity contribution >= 4 is 56.4 Å². The molecule has 1 amide bonds. The molecule has 0 fully saturated rings. The maximum atomic E-state index is 12.2. The summed E-state index contributed by atoms with van der Waals surface area (Å²) < 4.78 is 25.0. The Morgan fingerprint density at radius 3 is 2.44 bits per heavy atom. The first-order chi connectivity index (χ1) is 11.7. The molecule has 0 aliphatic carbocycles. The van der Waals surface area contributed by atoms with Gasteiger partial charge in [0.15, 0.2) is 0 Å². The van der Waals surface area contributed by atoms with Crippen LogP contribution in [0.25, 0.3) is 0 Å². The Morgan fingerprint density at radius 1 is 1.16 bits per heavy atom. The average molecular weight is 423 g/mol. The van der Waals surface area contributed by atoms with Gasteiger partial charge in [0, 0.05) is 6.20 Å². The van der Waals surface area contributed by atoms with E-state index in [4.69, 9.17) is 34.8 Å². The molecular formula is C15H14Cl3N3O3S. The van der Waals surface area contributed by atoms with Gasteiger partial charge in [-0.2, -0.15) is 0 Å². The number of carbonyl (C=O) groups excluding carboxylic acids is 1. The van der Waals surface area contributed by atoms with Crippen molar-refractivity contribution in [2.45, 2.75) is 6.54 Å². The largest absolute Gasteiger partial charge is 0.349 e. The molecule has 0 radical (unpaired) electrons. The Hall–Kier alpha value is -1.54. The van der Waals surface area contributed by atoms with Crippen molar-refractivity contribution in [3.8, 4) is 0 Å². The number of benzene rings is 1. The fourth-order valence-corrected chi connectivity index (χ4v) is 3.52. The molecule has 1 heterocycles. The molecule has 134 valence electrons. The van der Waals surface area contributed by atoms with Gasteiger partial charge in [0.2, 0.25) is 15.9 Å². The second-order valence-electron chi connectivity index (χ2n) is 5.09. The maximum absolute atomic E-state index is 12.2. The van der Waals surface area contributed by atoms with Crippen molar-refractivity contribution in [3.05, 3.63) is 57.3 Å². The number of pyridine rings is 1. The van der Waals surface area contributed by atoms with Gasteiger partial charge in [-0.15, -0.1) is 0 Å². The summed E-state index contributed by atoms with van der Waals surface area (Å²) >= 11 is 17.9. The van der Waals surface area contributed by atoms with Crippen LogP contribution in [0, 0.1) is 0 Å². The highest BCUT2D eigenvalue weighted by Gasteiger charge is 2.24. The van der Waals surface area contributed by atoms with Gasteiger partial charge in [0.25, 0.3) is 0 Å². The molecule has 0 saturated carbocycles. The summed E-state index contributed by atoms with van der Waals surface area (Å²) in [5, 5.41) is 2.99. The minimum Gasteiger partial charge on any atom is -0.349 e. The number of nitrogens with one attached hydrogen (secondary N) is 1. The number of aromatic nitrogens is 1. The predicted molar refractivity (Wildman–Crippen MR) is 99.7 cm³/mol. The number of hydrogen-bond donors (Lipinski definition) is 1. The Balaban J connectivity index is 2.19. The number of anilines is 1. The van der Waals surface area contributed by atoms with Crippen LogP contribution in [0.5, 0.6) is 0 Å². The van der Waals surface area contributed by atoms with Gasteiger partial charge in [-0.05, 0) is 24.3 Å². The first kappa shape index (κ1) is 19.8. The Bertz CT molecular complexity index is 876. The van der Waals surface area contributed by atoms with E-state index in [1.54, 1.807) is 24.4 Å². The van der Waals surface area contributed by atoms with Crippen molar-refractivity contribution in [3.63, 3.8) is 0 Å². The Labute approximate surface area is 160 Å². The lowest BCUT2D eigenvalue weighted by Gasteiger charge is -2.23. The van der Waals surface area contributed by atoms with Gasteiger partial charge < -0.3 is 5.32 Å². The zero-order valence-corrected chi connectivity index (χ0v) is 16.1. The molecule has 0 unspecified atom stereocenters. The number of amides is 1. The highest BCUT2D eigenvalue weighted by molar-refractivity contribution is 7.92. The third kappa shape index (κ3) is 5.47. The molecule has 0 bridgehead atoms. The van der Waals surface area contributed by atoms with E-state index in [-0.39, 0.29) is 27.3 Å². The van der Waals surface area contributed by atoms with Gasteiger partial charge in [-0.3, -0.25) is 14.1 Å². The Kier molecular flexibility index (Phi) is 6.51. The maximum Gasteiger partial charge on any atom is 0.241 e. The van der Waals surface area contributed by atoms with Crippen LogP contribution >= 0.6 is 34.8 Å². The van der Waals surface area contributed by atoms with Gasteiger partial charge in [0.1, 0.15) is 6.54 Å². The molecule has 6 nitrogen and oxygen atoms in total. The zero-order chi connectivity index (χ0) is 18.6. The molecule has 0 aliphatic heterocycles. The predicted octanol–water partition coefficient (Wildman–Crippen LogP) is 3.12. The van der Waals surface area contributed by atoms with Crippen LogP contribution in [-0.2, 0) is 21.4 Å². The summed E-state index contributed by atoms with van der Waals surface area (Å²) in [6.45, 7) is -0.282. The van der Waals surface area contributed by atoms with Gasteiger partial charge in [-0.1, -0.05) is 40.9 Å². The lowest BCUT2D eigenvalue weighted by Crippen LogP contribution is -2.40. The lowest BCUT2D eigenvalue weighted by atomic mass is 10.3. The zero-order valence-electron chi connectivity index (χ0n) is 13.0. The summed E-state index contributed by atoms with van der Waals surface area (Å²) in [5.41, 5.74) is 0.723. The Morgan fingerprint density at radius 2 is 1.84 bits per heavy atom. The van der Waals surface area contributed by atoms with E-state index in [0.717, 1.165) is 10.6 Å². The van der Waals surface area contributed by atoms with Crippen LogP contribution in [0.2, 0.25) is 15.1 Å². The number of sulfonamides is 1. The number of carbonyl (C=O) groups is 1. The molecular weight excluding hydrogens is 409 g/mol. The normalized spacial score (nSPS) is 11.2. The number of rotatable bonds is 6. The molecule has 1 N–H and O–H groups in total. The summed E-state index contributed by atoms with van der Waals surface area (Å²) in [6, 6.07) is 7.91. The molecule has 2 rings (SSSR count). The second-order valence-corrected chi connectivity index (χ2v) is 8.21. The standard InChI is InChI=1S/C15H14Cl3N3O3S/c1-25(23,24)21(14-7-12(17)11(16)6-13(14)18)9-15(22)20-8-10-4-2-3-5-19-10/h2-7H,8-9H2,1H3,(H,20,22). The minimum absolute atomic E-state index is 0.0670. The van der Waals surface area contributed by atoms with Crippen molar-refractivity contribution in [1.29, 1.82) is 0 Å². The van der Waals surface area contributed by atoms with Crippen molar-refractivity contribution in [2.24, 2.45) is 0 Å². The molecule has 0 atom stereocenters. The first-order valence-corrected chi connectivity index (χ1v) is 9.95. The lowest BCUT2D eigenvalue weighted by molar-refractivity contribution is -0.119. The van der Waals surface area contributed by atoms with Crippen molar-refractivity contribution in [2.75, 3.05) is 17.1 Å². The van der Waals surface area contributed by atoms with E-state index in [1.165, 1.54) is 12.1 Å². The van der Waals surface area contributed by atoms with E-state index >= 15 is 0 Å². The minimum atomic E-state index is -3.78. The summed E-state index contributed by atoms with van der Waals surface area (Å²) in [6.07, 6.45) is 2.57. The van der Waals surface area contributed by atoms with Crippen LogP contribution in [-0.4, -0.2) is 32.1 Å². The molecule has 2 aromatic rings. The number of nitrogens with zero attached hydrogens (tertiary/aromatic N) is 2. The molecule has 0 saturated heterocycles. The second kappa shape index (κ2) is 8.23. The number of hydrogen-bond acceptors (Lipinski definition) is 4. The summed E-state index contributed by atoms with van der Waals surface area (Å²) in [5.74, 6) is -0.516. The third-order valence-electron chi connectivity index (χ3n) is 3.14. The molecule has 0 spiro atoms.